The van der Waals surface area contributed by atoms with Gasteiger partial charge in [-0.15, -0.1) is 0 Å². The van der Waals surface area contributed by atoms with Crippen molar-refractivity contribution in [3.05, 3.63) is 24.3 Å². The number of hydrogen-bond acceptors (Lipinski definition) is 1. The van der Waals surface area contributed by atoms with E-state index in [-0.39, 0.29) is 0 Å². The van der Waals surface area contributed by atoms with Gasteiger partial charge in [-0.25, -0.2) is 0 Å². The standard InChI is InChI=1S/C7H11N/c1-4-7(2)5-6-8-3/h4-6H,1H2,2-3H3/b7-5-,8-6-. The molecule has 1 nitrogen and oxygen atoms in total. The van der Waals surface area contributed by atoms with Crippen molar-refractivity contribution >= 4 is 6.21 Å². The van der Waals surface area contributed by atoms with Crippen molar-refractivity contribution in [3.63, 3.8) is 0 Å². The second kappa shape index (κ2) is 4.31. The predicted octanol–water partition coefficient (Wildman–Crippen LogP) is 1.82. The lowest BCUT2D eigenvalue weighted by atomic mass is 10.3. The SMILES string of the molecule is C=C/C(C)=C\C=N/C. The summed E-state index contributed by atoms with van der Waals surface area (Å²) in [6, 6.07) is 0. The molecule has 0 saturated heterocycles. The first-order valence-corrected chi connectivity index (χ1v) is 2.52. The monoisotopic (exact) mass is 109 g/mol. The van der Waals surface area contributed by atoms with Gasteiger partial charge >= 0.3 is 0 Å². The Hall–Kier alpha value is -0.850. The fraction of sp³-hybridized carbons (Fsp3) is 0.286. The lowest BCUT2D eigenvalue weighted by Gasteiger charge is -1.81. The van der Waals surface area contributed by atoms with Crippen LogP contribution in [0.4, 0.5) is 0 Å². The third kappa shape index (κ3) is 3.34. The summed E-state index contributed by atoms with van der Waals surface area (Å²) in [5, 5.41) is 0. The van der Waals surface area contributed by atoms with Gasteiger partial charge in [-0.1, -0.05) is 18.2 Å². The van der Waals surface area contributed by atoms with Gasteiger partial charge in [0.05, 0.1) is 0 Å². The topological polar surface area (TPSA) is 12.4 Å². The van der Waals surface area contributed by atoms with E-state index < -0.39 is 0 Å². The van der Waals surface area contributed by atoms with Crippen molar-refractivity contribution < 1.29 is 0 Å². The van der Waals surface area contributed by atoms with Gasteiger partial charge in [0.2, 0.25) is 0 Å². The number of aliphatic imine (C=N–C) groups is 1. The average Bonchev–Trinajstić information content (AvgIpc) is 1.83. The van der Waals surface area contributed by atoms with Gasteiger partial charge in [0, 0.05) is 13.3 Å². The minimum absolute atomic E-state index is 1.13. The summed E-state index contributed by atoms with van der Waals surface area (Å²) in [5.74, 6) is 0. The van der Waals surface area contributed by atoms with E-state index in [1.54, 1.807) is 19.3 Å². The predicted molar refractivity (Wildman–Crippen MR) is 38.4 cm³/mol. The van der Waals surface area contributed by atoms with E-state index in [0.717, 1.165) is 5.57 Å². The highest BCUT2D eigenvalue weighted by atomic mass is 14.6. The Labute approximate surface area is 50.4 Å². The van der Waals surface area contributed by atoms with E-state index >= 15 is 0 Å². The zero-order valence-electron chi connectivity index (χ0n) is 5.39. The van der Waals surface area contributed by atoms with Crippen LogP contribution in [0.25, 0.3) is 0 Å². The average molecular weight is 109 g/mol. The molecule has 0 aromatic rings. The fourth-order valence-electron chi connectivity index (χ4n) is 0.260. The van der Waals surface area contributed by atoms with Crippen LogP contribution in [-0.4, -0.2) is 13.3 Å². The number of nitrogens with zero attached hydrogens (tertiary/aromatic N) is 1. The maximum Gasteiger partial charge on any atom is 0.0277 e. The third-order valence-corrected chi connectivity index (χ3v) is 0.808. The van der Waals surface area contributed by atoms with Crippen molar-refractivity contribution in [2.24, 2.45) is 4.99 Å². The second-order valence-electron chi connectivity index (χ2n) is 1.52. The van der Waals surface area contributed by atoms with Crippen LogP contribution in [0.15, 0.2) is 29.3 Å². The zero-order chi connectivity index (χ0) is 6.41. The zero-order valence-corrected chi connectivity index (χ0v) is 5.39. The molecule has 0 aliphatic heterocycles. The summed E-state index contributed by atoms with van der Waals surface area (Å²) in [5.41, 5.74) is 1.13. The highest BCUT2D eigenvalue weighted by Crippen LogP contribution is 1.88. The lowest BCUT2D eigenvalue weighted by molar-refractivity contribution is 1.46. The van der Waals surface area contributed by atoms with Crippen molar-refractivity contribution in [3.8, 4) is 0 Å². The van der Waals surface area contributed by atoms with Crippen LogP contribution in [0.2, 0.25) is 0 Å². The molecule has 0 aliphatic rings. The molecule has 44 valence electrons. The normalized spacial score (nSPS) is 12.5. The largest absolute Gasteiger partial charge is 0.297 e. The van der Waals surface area contributed by atoms with E-state index in [9.17, 15) is 0 Å². The van der Waals surface area contributed by atoms with Crippen LogP contribution in [0, 0.1) is 0 Å². The van der Waals surface area contributed by atoms with Crippen LogP contribution < -0.4 is 0 Å². The highest BCUT2D eigenvalue weighted by molar-refractivity contribution is 5.72. The summed E-state index contributed by atoms with van der Waals surface area (Å²) in [4.78, 5) is 3.77. The first-order chi connectivity index (χ1) is 3.81. The summed E-state index contributed by atoms with van der Waals surface area (Å²) in [6.07, 6.45) is 5.45. The van der Waals surface area contributed by atoms with Crippen LogP contribution >= 0.6 is 0 Å². The molecule has 0 heterocycles. The minimum atomic E-state index is 1.13. The Morgan fingerprint density at radius 1 is 1.62 bits per heavy atom. The molecule has 0 aliphatic carbocycles. The molecule has 0 spiro atoms. The Kier molecular flexibility index (Phi) is 3.85. The molecule has 0 rings (SSSR count). The van der Waals surface area contributed by atoms with Gasteiger partial charge in [-0.2, -0.15) is 0 Å². The molecule has 1 heteroatoms. The molecule has 0 aromatic heterocycles. The molecule has 0 unspecified atom stereocenters. The molecule has 0 atom stereocenters. The van der Waals surface area contributed by atoms with Crippen molar-refractivity contribution in [2.45, 2.75) is 6.92 Å². The highest BCUT2D eigenvalue weighted by Gasteiger charge is 1.70. The molecule has 0 fully saturated rings. The van der Waals surface area contributed by atoms with Crippen molar-refractivity contribution in [2.75, 3.05) is 7.05 Å². The summed E-state index contributed by atoms with van der Waals surface area (Å²) >= 11 is 0. The summed E-state index contributed by atoms with van der Waals surface area (Å²) in [7, 11) is 1.74. The van der Waals surface area contributed by atoms with E-state index in [2.05, 4.69) is 11.6 Å². The minimum Gasteiger partial charge on any atom is -0.297 e. The second-order valence-corrected chi connectivity index (χ2v) is 1.52. The van der Waals surface area contributed by atoms with Gasteiger partial charge in [0.15, 0.2) is 0 Å². The van der Waals surface area contributed by atoms with E-state index in [1.807, 2.05) is 13.0 Å². The quantitative estimate of drug-likeness (QED) is 0.379. The van der Waals surface area contributed by atoms with Gasteiger partial charge in [0.25, 0.3) is 0 Å². The van der Waals surface area contributed by atoms with Crippen LogP contribution in [0.1, 0.15) is 6.92 Å². The number of allylic oxidation sites excluding steroid dienone is 3. The van der Waals surface area contributed by atoms with Crippen molar-refractivity contribution in [1.29, 1.82) is 0 Å². The number of hydrogen-bond donors (Lipinski definition) is 0. The van der Waals surface area contributed by atoms with Crippen LogP contribution in [-0.2, 0) is 0 Å². The van der Waals surface area contributed by atoms with Crippen molar-refractivity contribution in [1.82, 2.24) is 0 Å². The molecule has 0 radical (unpaired) electrons. The first kappa shape index (κ1) is 7.15. The lowest BCUT2D eigenvalue weighted by Crippen LogP contribution is -1.67. The smallest absolute Gasteiger partial charge is 0.0277 e. The molecule has 8 heavy (non-hydrogen) atoms. The van der Waals surface area contributed by atoms with Gasteiger partial charge in [-0.05, 0) is 13.0 Å². The van der Waals surface area contributed by atoms with Gasteiger partial charge in [0.1, 0.15) is 0 Å². The summed E-state index contributed by atoms with van der Waals surface area (Å²) in [6.45, 7) is 5.56. The van der Waals surface area contributed by atoms with E-state index in [4.69, 9.17) is 0 Å². The van der Waals surface area contributed by atoms with Gasteiger partial charge in [-0.3, -0.25) is 4.99 Å². The third-order valence-electron chi connectivity index (χ3n) is 0.808. The first-order valence-electron chi connectivity index (χ1n) is 2.52. The van der Waals surface area contributed by atoms with Crippen LogP contribution in [0.5, 0.6) is 0 Å². The Morgan fingerprint density at radius 2 is 2.25 bits per heavy atom. The number of rotatable bonds is 2. The molecular formula is C7H11N. The maximum atomic E-state index is 3.77. The summed E-state index contributed by atoms with van der Waals surface area (Å²) < 4.78 is 0. The fourth-order valence-corrected chi connectivity index (χ4v) is 0.260. The molecular weight excluding hydrogens is 98.1 g/mol. The Morgan fingerprint density at radius 3 is 2.62 bits per heavy atom. The molecule has 0 aromatic carbocycles. The molecule has 0 saturated carbocycles. The molecule has 0 N–H and O–H groups in total. The Bertz CT molecular complexity index is 120. The maximum absolute atomic E-state index is 3.77. The van der Waals surface area contributed by atoms with E-state index in [0.29, 0.717) is 0 Å². The molecule has 0 amide bonds. The van der Waals surface area contributed by atoms with E-state index in [1.165, 1.54) is 0 Å². The van der Waals surface area contributed by atoms with Gasteiger partial charge < -0.3 is 0 Å². The molecule has 0 bridgehead atoms. The van der Waals surface area contributed by atoms with Crippen LogP contribution in [0.3, 0.4) is 0 Å². The Balaban J connectivity index is 3.74.